The predicted octanol–water partition coefficient (Wildman–Crippen LogP) is 0.504. The second-order valence-corrected chi connectivity index (χ2v) is 3.53. The monoisotopic (exact) mass is 259 g/mol. The normalized spacial score (nSPS) is 35.3. The third-order valence-electron chi connectivity index (χ3n) is 1.42. The van der Waals surface area contributed by atoms with E-state index in [0.717, 1.165) is 19.5 Å². The molecule has 0 aliphatic carbocycles. The molecule has 0 aromatic rings. The van der Waals surface area contributed by atoms with E-state index in [9.17, 15) is 5.21 Å². The van der Waals surface area contributed by atoms with Gasteiger partial charge < -0.3 is 10.3 Å². The molecule has 2 atom stereocenters. The molecule has 1 fully saturated rings. The SMILES string of the molecule is Br.[O-][NH+]1CCCC(Br)C1. The molecule has 0 aromatic carbocycles. The summed E-state index contributed by atoms with van der Waals surface area (Å²) in [6, 6.07) is 0. The Morgan fingerprint density at radius 3 is 2.56 bits per heavy atom. The van der Waals surface area contributed by atoms with Crippen molar-refractivity contribution in [1.29, 1.82) is 0 Å². The fourth-order valence-corrected chi connectivity index (χ4v) is 1.66. The molecule has 1 rings (SSSR count). The van der Waals surface area contributed by atoms with Crippen molar-refractivity contribution in [1.82, 2.24) is 0 Å². The van der Waals surface area contributed by atoms with Gasteiger partial charge in [-0.1, -0.05) is 15.9 Å². The van der Waals surface area contributed by atoms with Crippen LogP contribution in [0.15, 0.2) is 0 Å². The van der Waals surface area contributed by atoms with Gasteiger partial charge in [0.25, 0.3) is 0 Å². The van der Waals surface area contributed by atoms with Gasteiger partial charge in [-0.2, -0.15) is 0 Å². The minimum atomic E-state index is 0. The van der Waals surface area contributed by atoms with Crippen molar-refractivity contribution in [2.75, 3.05) is 13.1 Å². The highest BCUT2D eigenvalue weighted by atomic mass is 79.9. The highest BCUT2D eigenvalue weighted by Gasteiger charge is 2.13. The van der Waals surface area contributed by atoms with Gasteiger partial charge in [-0.05, 0) is 12.8 Å². The zero-order chi connectivity index (χ0) is 5.98. The summed E-state index contributed by atoms with van der Waals surface area (Å²) in [5, 5.41) is 11.1. The van der Waals surface area contributed by atoms with E-state index in [0.29, 0.717) is 9.89 Å². The molecule has 1 aliphatic rings. The molecule has 2 unspecified atom stereocenters. The molecule has 1 N–H and O–H groups in total. The fraction of sp³-hybridized carbons (Fsp3) is 1.00. The van der Waals surface area contributed by atoms with Gasteiger partial charge in [0.15, 0.2) is 0 Å². The lowest BCUT2D eigenvalue weighted by molar-refractivity contribution is -0.852. The first-order valence-electron chi connectivity index (χ1n) is 2.95. The summed E-state index contributed by atoms with van der Waals surface area (Å²) in [7, 11) is 0. The maximum Gasteiger partial charge on any atom is 0.0895 e. The van der Waals surface area contributed by atoms with Crippen molar-refractivity contribution in [3.05, 3.63) is 5.21 Å². The molecule has 56 valence electrons. The first-order valence-corrected chi connectivity index (χ1v) is 3.86. The number of halogens is 2. The lowest BCUT2D eigenvalue weighted by Crippen LogP contribution is -3.09. The van der Waals surface area contributed by atoms with E-state index in [1.807, 2.05) is 0 Å². The minimum Gasteiger partial charge on any atom is -0.634 e. The third kappa shape index (κ3) is 3.55. The van der Waals surface area contributed by atoms with Gasteiger partial charge in [0.1, 0.15) is 0 Å². The van der Waals surface area contributed by atoms with Crippen LogP contribution in [0.3, 0.4) is 0 Å². The van der Waals surface area contributed by atoms with Gasteiger partial charge in [0, 0.05) is 0 Å². The molecule has 1 heterocycles. The molecular weight excluding hydrogens is 250 g/mol. The van der Waals surface area contributed by atoms with Crippen molar-refractivity contribution in [2.45, 2.75) is 17.7 Å². The summed E-state index contributed by atoms with van der Waals surface area (Å²) in [6.45, 7) is 1.56. The van der Waals surface area contributed by atoms with Crippen LogP contribution in [0.5, 0.6) is 0 Å². The number of rotatable bonds is 0. The van der Waals surface area contributed by atoms with Crippen LogP contribution in [-0.4, -0.2) is 17.9 Å². The van der Waals surface area contributed by atoms with E-state index in [1.165, 1.54) is 6.42 Å². The Labute approximate surface area is 74.1 Å². The highest BCUT2D eigenvalue weighted by molar-refractivity contribution is 9.09. The molecule has 0 aromatic heterocycles. The van der Waals surface area contributed by atoms with Gasteiger partial charge in [0.05, 0.1) is 17.9 Å². The van der Waals surface area contributed by atoms with Gasteiger partial charge in [-0.15, -0.1) is 17.0 Å². The summed E-state index contributed by atoms with van der Waals surface area (Å²) < 4.78 is 0. The van der Waals surface area contributed by atoms with E-state index in [4.69, 9.17) is 0 Å². The Morgan fingerprint density at radius 1 is 1.56 bits per heavy atom. The van der Waals surface area contributed by atoms with E-state index < -0.39 is 0 Å². The molecule has 9 heavy (non-hydrogen) atoms. The van der Waals surface area contributed by atoms with Gasteiger partial charge in [0.2, 0.25) is 0 Å². The highest BCUT2D eigenvalue weighted by Crippen LogP contribution is 2.06. The zero-order valence-corrected chi connectivity index (χ0v) is 8.40. The Morgan fingerprint density at radius 2 is 2.22 bits per heavy atom. The number of piperidine rings is 1. The fourth-order valence-electron chi connectivity index (χ4n) is 0.972. The van der Waals surface area contributed by atoms with E-state index >= 15 is 0 Å². The second kappa shape index (κ2) is 4.66. The van der Waals surface area contributed by atoms with Crippen LogP contribution in [0, 0.1) is 5.21 Å². The molecule has 0 bridgehead atoms. The maximum absolute atomic E-state index is 10.6. The van der Waals surface area contributed by atoms with Crippen molar-refractivity contribution < 1.29 is 5.06 Å². The number of hydrogen-bond donors (Lipinski definition) is 1. The first-order chi connectivity index (χ1) is 3.79. The standard InChI is InChI=1S/C5H10BrNO.BrH/c6-5-2-1-3-7(8)4-5;/h5,7H,1-4H2;1H. The summed E-state index contributed by atoms with van der Waals surface area (Å²) in [5.41, 5.74) is 0. The van der Waals surface area contributed by atoms with E-state index in [1.54, 1.807) is 0 Å². The Kier molecular flexibility index (Phi) is 5.11. The van der Waals surface area contributed by atoms with Crippen molar-refractivity contribution in [3.63, 3.8) is 0 Å². The van der Waals surface area contributed by atoms with Crippen LogP contribution in [0.4, 0.5) is 0 Å². The molecule has 0 saturated carbocycles. The molecule has 0 spiro atoms. The number of alkyl halides is 1. The number of quaternary nitrogens is 1. The maximum atomic E-state index is 10.6. The zero-order valence-electron chi connectivity index (χ0n) is 5.10. The van der Waals surface area contributed by atoms with Crippen LogP contribution in [0.25, 0.3) is 0 Å². The average molecular weight is 261 g/mol. The van der Waals surface area contributed by atoms with Crippen molar-refractivity contribution in [2.24, 2.45) is 0 Å². The van der Waals surface area contributed by atoms with Crippen molar-refractivity contribution in [3.8, 4) is 0 Å². The van der Waals surface area contributed by atoms with Gasteiger partial charge >= 0.3 is 0 Å². The van der Waals surface area contributed by atoms with Crippen LogP contribution < -0.4 is 5.06 Å². The molecular formula is C5H11Br2NO. The topological polar surface area (TPSA) is 27.5 Å². The summed E-state index contributed by atoms with van der Waals surface area (Å²) in [6.07, 6.45) is 2.25. The Balaban J connectivity index is 0.000000640. The van der Waals surface area contributed by atoms with Crippen LogP contribution in [0.2, 0.25) is 0 Å². The Bertz CT molecular complexity index is 73.4. The third-order valence-corrected chi connectivity index (χ3v) is 2.20. The number of hydrogen-bond acceptors (Lipinski definition) is 1. The van der Waals surface area contributed by atoms with Crippen LogP contribution in [0.1, 0.15) is 12.8 Å². The van der Waals surface area contributed by atoms with Crippen molar-refractivity contribution >= 4 is 32.9 Å². The quantitative estimate of drug-likeness (QED) is 0.499. The lowest BCUT2D eigenvalue weighted by Gasteiger charge is -2.29. The van der Waals surface area contributed by atoms with Crippen LogP contribution in [-0.2, 0) is 0 Å². The first kappa shape index (κ1) is 9.88. The molecule has 2 nitrogen and oxygen atoms in total. The molecule has 1 saturated heterocycles. The minimum absolute atomic E-state index is 0. The van der Waals surface area contributed by atoms with Crippen LogP contribution >= 0.6 is 32.9 Å². The van der Waals surface area contributed by atoms with Gasteiger partial charge in [-0.25, -0.2) is 0 Å². The molecule has 1 aliphatic heterocycles. The predicted molar refractivity (Wildman–Crippen MR) is 46.3 cm³/mol. The molecule has 4 heteroatoms. The molecule has 0 amide bonds. The summed E-state index contributed by atoms with van der Waals surface area (Å²) in [5.74, 6) is 0. The average Bonchev–Trinajstić information content (AvgIpc) is 1.64. The smallest absolute Gasteiger partial charge is 0.0895 e. The number of nitrogens with one attached hydrogen (secondary N) is 1. The van der Waals surface area contributed by atoms with E-state index in [-0.39, 0.29) is 17.0 Å². The van der Waals surface area contributed by atoms with Gasteiger partial charge in [-0.3, -0.25) is 0 Å². The Hall–Kier alpha value is 0.880. The van der Waals surface area contributed by atoms with E-state index in [2.05, 4.69) is 15.9 Å². The largest absolute Gasteiger partial charge is 0.634 e. The lowest BCUT2D eigenvalue weighted by atomic mass is 10.2. The second-order valence-electron chi connectivity index (χ2n) is 2.23. The summed E-state index contributed by atoms with van der Waals surface area (Å²) >= 11 is 3.41. The molecule has 0 radical (unpaired) electrons. The summed E-state index contributed by atoms with van der Waals surface area (Å²) in [4.78, 5) is 0.476. The number of hydroxylamine groups is 2.